The van der Waals surface area contributed by atoms with Crippen molar-refractivity contribution in [3.05, 3.63) is 52.3 Å². The van der Waals surface area contributed by atoms with Gasteiger partial charge in [0.25, 0.3) is 0 Å². The molecule has 8 heteroatoms. The van der Waals surface area contributed by atoms with Gasteiger partial charge in [0.1, 0.15) is 9.92 Å². The third-order valence-corrected chi connectivity index (χ3v) is 7.25. The predicted molar refractivity (Wildman–Crippen MR) is 119 cm³/mol. The van der Waals surface area contributed by atoms with Gasteiger partial charge in [-0.25, -0.2) is 14.1 Å². The van der Waals surface area contributed by atoms with Crippen LogP contribution in [-0.2, 0) is 35.7 Å². The van der Waals surface area contributed by atoms with Crippen LogP contribution in [0.4, 0.5) is 10.5 Å². The van der Waals surface area contributed by atoms with Crippen molar-refractivity contribution < 1.29 is 9.00 Å². The second-order valence-electron chi connectivity index (χ2n) is 8.54. The van der Waals surface area contributed by atoms with Crippen LogP contribution in [0, 0.1) is 0 Å². The minimum absolute atomic E-state index is 0.346. The van der Waals surface area contributed by atoms with E-state index in [1.54, 1.807) is 12.1 Å². The van der Waals surface area contributed by atoms with Crippen LogP contribution >= 0.6 is 0 Å². The Bertz CT molecular complexity index is 1100. The number of hydrogen-bond acceptors (Lipinski definition) is 4. The van der Waals surface area contributed by atoms with Gasteiger partial charge in [0.05, 0.1) is 10.6 Å². The van der Waals surface area contributed by atoms with E-state index in [0.29, 0.717) is 10.8 Å². The van der Waals surface area contributed by atoms with Crippen molar-refractivity contribution in [3.63, 3.8) is 0 Å². The summed E-state index contributed by atoms with van der Waals surface area (Å²) in [5.41, 5.74) is 6.24. The molecule has 2 amide bonds. The summed E-state index contributed by atoms with van der Waals surface area (Å²) in [6, 6.07) is 6.42. The molecule has 1 aromatic heterocycles. The summed E-state index contributed by atoms with van der Waals surface area (Å²) in [4.78, 5) is 20.0. The number of pyridine rings is 1. The highest BCUT2D eigenvalue weighted by Gasteiger charge is 2.30. The van der Waals surface area contributed by atoms with Gasteiger partial charge in [0.15, 0.2) is 0 Å². The lowest BCUT2D eigenvalue weighted by atomic mass is 10.0. The lowest BCUT2D eigenvalue weighted by Gasteiger charge is -2.15. The van der Waals surface area contributed by atoms with Crippen molar-refractivity contribution in [1.82, 2.24) is 9.88 Å². The zero-order chi connectivity index (χ0) is 21.5. The van der Waals surface area contributed by atoms with Crippen molar-refractivity contribution in [2.24, 2.45) is 9.50 Å². The number of nitrogens with two attached hydrogens (primary N) is 1. The molecule has 0 saturated heterocycles. The first-order valence-corrected chi connectivity index (χ1v) is 12.0. The lowest BCUT2D eigenvalue weighted by molar-refractivity contribution is 0.260. The second kappa shape index (κ2) is 8.09. The molecule has 0 radical (unpaired) electrons. The number of amides is 2. The van der Waals surface area contributed by atoms with E-state index in [1.807, 2.05) is 31.1 Å². The molecule has 0 bridgehead atoms. The van der Waals surface area contributed by atoms with Crippen LogP contribution in [0.15, 0.2) is 33.5 Å². The maximum atomic E-state index is 13.0. The number of hydrogen-bond donors (Lipinski definition) is 2. The van der Waals surface area contributed by atoms with Crippen molar-refractivity contribution in [3.8, 4) is 0 Å². The molecule has 160 valence electrons. The summed E-state index contributed by atoms with van der Waals surface area (Å²) in [7, 11) is 0.628. The minimum Gasteiger partial charge on any atom is -0.305 e. The molecule has 2 aliphatic carbocycles. The Balaban J connectivity index is 1.61. The quantitative estimate of drug-likeness (QED) is 0.778. The third-order valence-electron chi connectivity index (χ3n) is 5.86. The molecule has 2 atom stereocenters. The maximum absolute atomic E-state index is 13.0. The first kappa shape index (κ1) is 21.0. The van der Waals surface area contributed by atoms with Crippen LogP contribution < -0.4 is 10.5 Å². The van der Waals surface area contributed by atoms with E-state index in [1.165, 1.54) is 0 Å². The van der Waals surface area contributed by atoms with Crippen molar-refractivity contribution in [2.75, 3.05) is 19.4 Å². The summed E-state index contributed by atoms with van der Waals surface area (Å²) in [5, 5.41) is 8.88. The van der Waals surface area contributed by atoms with Crippen LogP contribution in [-0.4, -0.2) is 34.2 Å². The van der Waals surface area contributed by atoms with E-state index in [0.717, 1.165) is 72.4 Å². The molecule has 30 heavy (non-hydrogen) atoms. The smallest absolute Gasteiger partial charge is 0.305 e. The van der Waals surface area contributed by atoms with Crippen LogP contribution in [0.5, 0.6) is 0 Å². The van der Waals surface area contributed by atoms with Gasteiger partial charge >= 0.3 is 6.03 Å². The Morgan fingerprint density at radius 3 is 2.67 bits per heavy atom. The minimum atomic E-state index is -3.33. The fourth-order valence-corrected chi connectivity index (χ4v) is 5.34. The average Bonchev–Trinajstić information content (AvgIpc) is 3.28. The molecular formula is C22H29N5O2S. The largest absolute Gasteiger partial charge is 0.354 e. The van der Waals surface area contributed by atoms with Gasteiger partial charge in [-0.1, -0.05) is 19.1 Å². The van der Waals surface area contributed by atoms with Crippen molar-refractivity contribution in [2.45, 2.75) is 56.4 Å². The highest BCUT2D eigenvalue weighted by Crippen LogP contribution is 2.41. The Morgan fingerprint density at radius 1 is 1.23 bits per heavy atom. The zero-order valence-corrected chi connectivity index (χ0v) is 18.6. The Hall–Kier alpha value is -2.29. The molecule has 4 rings (SSSR count). The van der Waals surface area contributed by atoms with Gasteiger partial charge in [0, 0.05) is 17.9 Å². The molecule has 1 heterocycles. The number of anilines is 1. The molecule has 2 aromatic rings. The number of carbonyl (C=O) groups is 1. The molecule has 3 N–H and O–H groups in total. The van der Waals surface area contributed by atoms with E-state index < -0.39 is 15.9 Å². The molecule has 0 saturated carbocycles. The van der Waals surface area contributed by atoms with E-state index >= 15 is 0 Å². The Kier molecular flexibility index (Phi) is 5.65. The number of fused-ring (bicyclic) bond motifs is 2. The van der Waals surface area contributed by atoms with Gasteiger partial charge in [-0.2, -0.15) is 0 Å². The van der Waals surface area contributed by atoms with Gasteiger partial charge < -0.3 is 10.2 Å². The average molecular weight is 428 g/mol. The highest BCUT2D eigenvalue weighted by molar-refractivity contribution is 7.91. The summed E-state index contributed by atoms with van der Waals surface area (Å²) in [5.74, 6) is 0.387. The Labute approximate surface area is 178 Å². The first-order chi connectivity index (χ1) is 14.2. The molecule has 7 nitrogen and oxygen atoms in total. The standard InChI is InChI=1S/C22H29N5O2S/c1-14-7-12-18-20(14)24-19-6-4-5-17(19)21(18)25-22(28)26-30(23,29)16-10-8-15(9-11-16)13-27(2)3/h8-11,14H,4-7,12-13H2,1-3H3,(H3,23,24,25,26,28,29)/t14-,30?/m1/s1. The number of benzene rings is 1. The van der Waals surface area contributed by atoms with Crippen LogP contribution in [0.1, 0.15) is 53.8 Å². The molecule has 2 aliphatic rings. The monoisotopic (exact) mass is 427 g/mol. The van der Waals surface area contributed by atoms with Crippen LogP contribution in [0.25, 0.3) is 0 Å². The van der Waals surface area contributed by atoms with E-state index in [2.05, 4.69) is 16.6 Å². The Morgan fingerprint density at radius 2 is 1.97 bits per heavy atom. The molecule has 1 unspecified atom stereocenters. The van der Waals surface area contributed by atoms with E-state index in [4.69, 9.17) is 10.1 Å². The number of nitrogens with one attached hydrogen (secondary N) is 1. The summed E-state index contributed by atoms with van der Waals surface area (Å²) in [6.45, 7) is 2.93. The maximum Gasteiger partial charge on any atom is 0.354 e. The summed E-state index contributed by atoms with van der Waals surface area (Å²) in [6.07, 6.45) is 4.77. The first-order valence-electron chi connectivity index (χ1n) is 10.4. The summed E-state index contributed by atoms with van der Waals surface area (Å²) >= 11 is 0. The molecule has 1 aromatic carbocycles. The predicted octanol–water partition coefficient (Wildman–Crippen LogP) is 3.61. The lowest BCUT2D eigenvalue weighted by Crippen LogP contribution is -2.19. The van der Waals surface area contributed by atoms with Crippen LogP contribution in [0.2, 0.25) is 0 Å². The third kappa shape index (κ3) is 4.12. The normalized spacial score (nSPS) is 19.3. The SMILES string of the molecule is C[C@@H]1CCc2c1nc1c(c2NC(=O)N=S(N)(=O)c2ccc(CN(C)C)cc2)CCC1. The molecule has 0 aliphatic heterocycles. The number of aryl methyl sites for hydroxylation is 1. The number of rotatable bonds is 4. The number of carbonyl (C=O) groups excluding carboxylic acids is 1. The summed E-state index contributed by atoms with van der Waals surface area (Å²) < 4.78 is 16.8. The molecule has 0 fully saturated rings. The number of aromatic nitrogens is 1. The second-order valence-corrected chi connectivity index (χ2v) is 10.3. The van der Waals surface area contributed by atoms with Gasteiger partial charge in [-0.15, -0.1) is 4.36 Å². The zero-order valence-electron chi connectivity index (χ0n) is 17.8. The fourth-order valence-electron chi connectivity index (χ4n) is 4.41. The van der Waals surface area contributed by atoms with Crippen LogP contribution in [0.3, 0.4) is 0 Å². The van der Waals surface area contributed by atoms with Gasteiger partial charge in [0.2, 0.25) is 0 Å². The highest BCUT2D eigenvalue weighted by atomic mass is 32.2. The fraction of sp³-hybridized carbons (Fsp3) is 0.455. The van der Waals surface area contributed by atoms with Crippen molar-refractivity contribution in [1.29, 1.82) is 0 Å². The number of nitrogens with zero attached hydrogens (tertiary/aromatic N) is 3. The molecular weight excluding hydrogens is 398 g/mol. The topological polar surface area (TPSA) is 101 Å². The van der Waals surface area contributed by atoms with E-state index in [9.17, 15) is 9.00 Å². The number of urea groups is 1. The van der Waals surface area contributed by atoms with Gasteiger partial charge in [-0.05, 0) is 80.9 Å². The van der Waals surface area contributed by atoms with Crippen molar-refractivity contribution >= 4 is 21.6 Å². The van der Waals surface area contributed by atoms with Gasteiger partial charge in [-0.3, -0.25) is 4.98 Å². The molecule has 0 spiro atoms. The van der Waals surface area contributed by atoms with E-state index in [-0.39, 0.29) is 0 Å².